The molecule has 2 aromatic carbocycles. The number of aromatic nitrogens is 3. The minimum atomic E-state index is -4.54. The number of aliphatic hydroxyl groups is 1. The van der Waals surface area contributed by atoms with Gasteiger partial charge in [0.25, 0.3) is 0 Å². The average molecular weight is 579 g/mol. The number of rotatable bonds is 7. The lowest BCUT2D eigenvalue weighted by molar-refractivity contribution is -0.138. The Kier molecular flexibility index (Phi) is 7.09. The highest BCUT2D eigenvalue weighted by molar-refractivity contribution is 5.58. The van der Waals surface area contributed by atoms with Gasteiger partial charge in [-0.25, -0.2) is 0 Å². The van der Waals surface area contributed by atoms with Crippen LogP contribution in [-0.4, -0.2) is 25.9 Å². The summed E-state index contributed by atoms with van der Waals surface area (Å²) in [5, 5.41) is 32.6. The fraction of sp³-hybridized carbons (Fsp3) is 0.531. The van der Waals surface area contributed by atoms with Crippen molar-refractivity contribution in [1.82, 2.24) is 20.1 Å². The number of aliphatic hydroxyl groups excluding tert-OH is 1. The molecule has 6 rings (SSSR count). The monoisotopic (exact) mass is 578 g/mol. The van der Waals surface area contributed by atoms with Gasteiger partial charge in [-0.05, 0) is 78.5 Å². The van der Waals surface area contributed by atoms with E-state index in [1.54, 1.807) is 17.3 Å². The molecule has 3 aliphatic rings. The Balaban J connectivity index is 1.28. The summed E-state index contributed by atoms with van der Waals surface area (Å²) >= 11 is 0. The Morgan fingerprint density at radius 3 is 2.60 bits per heavy atom. The van der Waals surface area contributed by atoms with Crippen LogP contribution in [-0.2, 0) is 38.1 Å². The van der Waals surface area contributed by atoms with E-state index in [-0.39, 0.29) is 34.9 Å². The minimum Gasteiger partial charge on any atom is -0.369 e. The molecule has 2 unspecified atom stereocenters. The molecule has 0 bridgehead atoms. The van der Waals surface area contributed by atoms with Crippen molar-refractivity contribution >= 4 is 5.69 Å². The van der Waals surface area contributed by atoms with E-state index in [1.165, 1.54) is 6.07 Å². The Morgan fingerprint density at radius 1 is 1.17 bits per heavy atom. The average Bonchev–Trinajstić information content (AvgIpc) is 3.59. The summed E-state index contributed by atoms with van der Waals surface area (Å²) in [5.41, 5.74) is 1.80. The molecule has 7 nitrogen and oxygen atoms in total. The van der Waals surface area contributed by atoms with Crippen molar-refractivity contribution in [3.63, 3.8) is 0 Å². The third-order valence-electron chi connectivity index (χ3n) is 9.66. The van der Waals surface area contributed by atoms with Crippen LogP contribution >= 0.6 is 0 Å². The number of nitriles is 1. The minimum absolute atomic E-state index is 0.0452. The van der Waals surface area contributed by atoms with Crippen LogP contribution in [0.25, 0.3) is 0 Å². The van der Waals surface area contributed by atoms with Gasteiger partial charge in [0.05, 0.1) is 11.6 Å². The summed E-state index contributed by atoms with van der Waals surface area (Å²) < 4.78 is 44.8. The van der Waals surface area contributed by atoms with Gasteiger partial charge in [-0.2, -0.15) is 18.4 Å². The number of nitrogens with one attached hydrogen (secondary N) is 1. The first-order valence-electron chi connectivity index (χ1n) is 14.6. The topological polar surface area (TPSA) is 90.0 Å². The number of anilines is 1. The van der Waals surface area contributed by atoms with Crippen molar-refractivity contribution in [1.29, 1.82) is 5.26 Å². The normalized spacial score (nSPS) is 26.6. The van der Waals surface area contributed by atoms with Gasteiger partial charge in [0.2, 0.25) is 0 Å². The summed E-state index contributed by atoms with van der Waals surface area (Å²) in [4.78, 5) is 1.64. The molecule has 42 heavy (non-hydrogen) atoms. The van der Waals surface area contributed by atoms with Crippen LogP contribution in [0.2, 0.25) is 0 Å². The van der Waals surface area contributed by atoms with Crippen molar-refractivity contribution in [3.8, 4) is 6.07 Å². The van der Waals surface area contributed by atoms with Gasteiger partial charge in [0.1, 0.15) is 12.2 Å². The van der Waals surface area contributed by atoms with Gasteiger partial charge in [-0.3, -0.25) is 0 Å². The Bertz CT molecular complexity index is 1520. The lowest BCUT2D eigenvalue weighted by Gasteiger charge is -2.45. The second-order valence-corrected chi connectivity index (χ2v) is 13.3. The van der Waals surface area contributed by atoms with Crippen LogP contribution < -0.4 is 10.2 Å². The molecule has 1 aromatic heterocycles. The van der Waals surface area contributed by atoms with Crippen molar-refractivity contribution in [3.05, 3.63) is 76.4 Å². The molecule has 2 N–H and O–H groups in total. The van der Waals surface area contributed by atoms with Crippen molar-refractivity contribution in [2.45, 2.75) is 89.3 Å². The molecule has 3 aromatic rings. The summed E-state index contributed by atoms with van der Waals surface area (Å²) in [7, 11) is 1.88. The summed E-state index contributed by atoms with van der Waals surface area (Å²) in [6.07, 6.45) is 0.913. The van der Waals surface area contributed by atoms with Crippen LogP contribution in [0, 0.1) is 22.7 Å². The molecule has 0 radical (unpaired) electrons. The van der Waals surface area contributed by atoms with Gasteiger partial charge in [-0.1, -0.05) is 26.0 Å². The second kappa shape index (κ2) is 10.4. The molecule has 0 spiro atoms. The molecule has 0 saturated heterocycles. The maximum Gasteiger partial charge on any atom is 0.416 e. The summed E-state index contributed by atoms with van der Waals surface area (Å²) in [6, 6.07) is 13.3. The van der Waals surface area contributed by atoms with Crippen molar-refractivity contribution < 1.29 is 18.3 Å². The number of benzene rings is 2. The standard InChI is InChI=1S/C32H37F3N6O/c1-30(2)8-7-23(14-30)37-17-20-9-25-26(27(10-20)32(33,34)35)18-41(29(25)42)24-6-4-5-22(11-24)31(12-21(13-31)16-36)15-28-39-38-19-40(28)3/h4-6,9-11,19,21,23,29,37,42H,7-8,12-15,17-18H2,1-3H3/t21-,23?,29?,31-. The highest BCUT2D eigenvalue weighted by atomic mass is 19.4. The van der Waals surface area contributed by atoms with Crippen LogP contribution in [0.4, 0.5) is 18.9 Å². The molecule has 222 valence electrons. The number of hydrogen-bond acceptors (Lipinski definition) is 6. The van der Waals surface area contributed by atoms with Gasteiger partial charge in [0, 0.05) is 55.2 Å². The first-order chi connectivity index (χ1) is 19.9. The van der Waals surface area contributed by atoms with E-state index in [2.05, 4.69) is 35.4 Å². The lowest BCUT2D eigenvalue weighted by atomic mass is 9.57. The molecule has 2 atom stereocenters. The maximum absolute atomic E-state index is 14.3. The Hall–Kier alpha value is -3.42. The van der Waals surface area contributed by atoms with Crippen molar-refractivity contribution in [2.24, 2.45) is 18.4 Å². The second-order valence-electron chi connectivity index (χ2n) is 13.3. The number of fused-ring (bicyclic) bond motifs is 1. The Morgan fingerprint density at radius 2 is 1.95 bits per heavy atom. The number of aryl methyl sites for hydroxylation is 1. The number of hydrogen-bond donors (Lipinski definition) is 2. The lowest BCUT2D eigenvalue weighted by Crippen LogP contribution is -2.43. The zero-order valence-corrected chi connectivity index (χ0v) is 24.2. The third kappa shape index (κ3) is 5.29. The van der Waals surface area contributed by atoms with E-state index in [0.717, 1.165) is 30.7 Å². The predicted octanol–water partition coefficient (Wildman–Crippen LogP) is 5.93. The first-order valence-corrected chi connectivity index (χ1v) is 14.6. The molecular formula is C32H37F3N6O. The fourth-order valence-electron chi connectivity index (χ4n) is 7.29. The van der Waals surface area contributed by atoms with Crippen LogP contribution in [0.1, 0.15) is 85.8 Å². The van der Waals surface area contributed by atoms with E-state index in [9.17, 15) is 23.5 Å². The number of halogens is 3. The SMILES string of the molecule is Cn1cnnc1C[C@]1(c2cccc(N3Cc4c(cc(CNC5CCC(C)(C)C5)cc4C(F)(F)F)C3O)c2)C[C@H](C#N)C1. The highest BCUT2D eigenvalue weighted by Crippen LogP contribution is 2.51. The van der Waals surface area contributed by atoms with E-state index in [0.29, 0.717) is 42.6 Å². The van der Waals surface area contributed by atoms with E-state index in [1.807, 2.05) is 35.9 Å². The maximum atomic E-state index is 14.3. The Labute approximate surface area is 244 Å². The van der Waals surface area contributed by atoms with Crippen LogP contribution in [0.3, 0.4) is 0 Å². The largest absolute Gasteiger partial charge is 0.416 e. The molecule has 10 heteroatoms. The molecular weight excluding hydrogens is 541 g/mol. The van der Waals surface area contributed by atoms with Crippen LogP contribution in [0.5, 0.6) is 0 Å². The van der Waals surface area contributed by atoms with Crippen LogP contribution in [0.15, 0.2) is 42.7 Å². The molecule has 0 amide bonds. The van der Waals surface area contributed by atoms with Gasteiger partial charge in [-0.15, -0.1) is 10.2 Å². The predicted molar refractivity (Wildman–Crippen MR) is 152 cm³/mol. The summed E-state index contributed by atoms with van der Waals surface area (Å²) in [6.45, 7) is 4.72. The van der Waals surface area contributed by atoms with Gasteiger partial charge < -0.3 is 19.9 Å². The zero-order valence-electron chi connectivity index (χ0n) is 24.2. The van der Waals surface area contributed by atoms with E-state index < -0.39 is 18.0 Å². The molecule has 2 fully saturated rings. The smallest absolute Gasteiger partial charge is 0.369 e. The third-order valence-corrected chi connectivity index (χ3v) is 9.66. The summed E-state index contributed by atoms with van der Waals surface area (Å²) in [5.74, 6) is 0.739. The fourth-order valence-corrected chi connectivity index (χ4v) is 7.29. The molecule has 2 saturated carbocycles. The van der Waals surface area contributed by atoms with Gasteiger partial charge in [0.15, 0.2) is 6.23 Å². The molecule has 2 aliphatic carbocycles. The first kappa shape index (κ1) is 28.7. The molecule has 2 heterocycles. The van der Waals surface area contributed by atoms with E-state index >= 15 is 0 Å². The number of alkyl halides is 3. The zero-order chi connectivity index (χ0) is 29.9. The quantitative estimate of drug-likeness (QED) is 0.362. The van der Waals surface area contributed by atoms with Gasteiger partial charge >= 0.3 is 6.18 Å². The highest BCUT2D eigenvalue weighted by Gasteiger charge is 2.47. The van der Waals surface area contributed by atoms with Crippen molar-refractivity contribution in [2.75, 3.05) is 4.90 Å². The molecule has 1 aliphatic heterocycles. The van der Waals surface area contributed by atoms with E-state index in [4.69, 9.17) is 0 Å². The number of nitrogens with zero attached hydrogens (tertiary/aromatic N) is 5.